The maximum atomic E-state index is 14.1. The van der Waals surface area contributed by atoms with Gasteiger partial charge in [0.2, 0.25) is 10.0 Å². The molecule has 1 heterocycles. The summed E-state index contributed by atoms with van der Waals surface area (Å²) in [6.45, 7) is 0.765. The Labute approximate surface area is 171 Å². The van der Waals surface area contributed by atoms with Gasteiger partial charge in [-0.05, 0) is 35.9 Å². The Kier molecular flexibility index (Phi) is 6.57. The first-order valence-electron chi connectivity index (χ1n) is 8.27. The minimum Gasteiger partial charge on any atom is -0.457 e. The van der Waals surface area contributed by atoms with Crippen LogP contribution in [0.25, 0.3) is 0 Å². The van der Waals surface area contributed by atoms with Gasteiger partial charge in [-0.2, -0.15) is 4.31 Å². The van der Waals surface area contributed by atoms with Crippen LogP contribution in [0.3, 0.4) is 0 Å². The minimum absolute atomic E-state index is 0.171. The lowest BCUT2D eigenvalue weighted by atomic mass is 10.2. The lowest BCUT2D eigenvalue weighted by Gasteiger charge is -2.26. The zero-order valence-corrected chi connectivity index (χ0v) is 16.9. The first-order chi connectivity index (χ1) is 13.3. The summed E-state index contributed by atoms with van der Waals surface area (Å²) in [7, 11) is -3.87. The Morgan fingerprint density at radius 3 is 2.50 bits per heavy atom. The van der Waals surface area contributed by atoms with Gasteiger partial charge in [-0.1, -0.05) is 29.3 Å². The van der Waals surface area contributed by atoms with Crippen molar-refractivity contribution in [2.75, 3.05) is 26.3 Å². The predicted octanol–water partition coefficient (Wildman–Crippen LogP) is 3.51. The van der Waals surface area contributed by atoms with E-state index in [-0.39, 0.29) is 37.8 Å². The number of ether oxygens (including phenoxy) is 2. The van der Waals surface area contributed by atoms with Gasteiger partial charge in [0.1, 0.15) is 12.4 Å². The van der Waals surface area contributed by atoms with Crippen LogP contribution in [0.1, 0.15) is 15.9 Å². The molecule has 0 aromatic heterocycles. The van der Waals surface area contributed by atoms with Gasteiger partial charge in [-0.25, -0.2) is 17.6 Å². The average Bonchev–Trinajstić information content (AvgIpc) is 2.69. The summed E-state index contributed by atoms with van der Waals surface area (Å²) in [6.07, 6.45) is 0. The van der Waals surface area contributed by atoms with Crippen molar-refractivity contribution in [1.82, 2.24) is 4.31 Å². The number of nitrogens with zero attached hydrogens (tertiary/aromatic N) is 1. The Balaban J connectivity index is 1.78. The second-order valence-electron chi connectivity index (χ2n) is 5.98. The second-order valence-corrected chi connectivity index (χ2v) is 8.74. The number of sulfonamides is 1. The molecule has 0 unspecified atom stereocenters. The van der Waals surface area contributed by atoms with Gasteiger partial charge >= 0.3 is 5.97 Å². The standard InChI is InChI=1S/C18H16Cl2FNO5S/c19-15-3-1-12(9-16(15)20)11-27-18(23)14-10-13(2-4-17(14)21)28(24,25)22-5-7-26-8-6-22/h1-4,9-10H,5-8,11H2. The predicted molar refractivity (Wildman–Crippen MR) is 102 cm³/mol. The molecule has 150 valence electrons. The first-order valence-corrected chi connectivity index (χ1v) is 10.5. The lowest BCUT2D eigenvalue weighted by Crippen LogP contribution is -2.40. The molecule has 1 aliphatic rings. The van der Waals surface area contributed by atoms with Gasteiger partial charge in [0.25, 0.3) is 0 Å². The van der Waals surface area contributed by atoms with Gasteiger partial charge in [-0.15, -0.1) is 0 Å². The molecular formula is C18H16Cl2FNO5S. The zero-order chi connectivity index (χ0) is 20.3. The summed E-state index contributed by atoms with van der Waals surface area (Å²) in [4.78, 5) is 12.1. The molecule has 0 saturated carbocycles. The fourth-order valence-corrected chi connectivity index (χ4v) is 4.37. The van der Waals surface area contributed by atoms with Crippen molar-refractivity contribution in [2.45, 2.75) is 11.5 Å². The molecule has 0 radical (unpaired) electrons. The molecule has 2 aromatic carbocycles. The number of hydrogen-bond donors (Lipinski definition) is 0. The molecular weight excluding hydrogens is 432 g/mol. The number of carbonyl (C=O) groups excluding carboxylic acids is 1. The highest BCUT2D eigenvalue weighted by Gasteiger charge is 2.28. The summed E-state index contributed by atoms with van der Waals surface area (Å²) < 4.78 is 51.0. The van der Waals surface area contributed by atoms with Gasteiger partial charge in [-0.3, -0.25) is 0 Å². The first kappa shape index (κ1) is 21.0. The third-order valence-corrected chi connectivity index (χ3v) is 6.75. The van der Waals surface area contributed by atoms with Crippen LogP contribution in [0.4, 0.5) is 4.39 Å². The maximum absolute atomic E-state index is 14.1. The van der Waals surface area contributed by atoms with Crippen molar-refractivity contribution < 1.29 is 27.1 Å². The van der Waals surface area contributed by atoms with Crippen molar-refractivity contribution in [3.8, 4) is 0 Å². The lowest BCUT2D eigenvalue weighted by molar-refractivity contribution is 0.0467. The Morgan fingerprint density at radius 1 is 1.11 bits per heavy atom. The average molecular weight is 448 g/mol. The Hall–Kier alpha value is -1.71. The third-order valence-electron chi connectivity index (χ3n) is 4.12. The number of benzene rings is 2. The molecule has 3 rings (SSSR count). The van der Waals surface area contributed by atoms with Crippen LogP contribution in [-0.2, 0) is 26.1 Å². The molecule has 0 aliphatic carbocycles. The quantitative estimate of drug-likeness (QED) is 0.655. The summed E-state index contributed by atoms with van der Waals surface area (Å²) in [6, 6.07) is 7.71. The van der Waals surface area contributed by atoms with Gasteiger partial charge in [0.05, 0.1) is 33.7 Å². The number of esters is 1. The number of hydrogen-bond acceptors (Lipinski definition) is 5. The maximum Gasteiger partial charge on any atom is 0.341 e. The number of rotatable bonds is 5. The highest BCUT2D eigenvalue weighted by Crippen LogP contribution is 2.24. The molecule has 1 saturated heterocycles. The molecule has 1 aliphatic heterocycles. The van der Waals surface area contributed by atoms with Crippen molar-refractivity contribution in [2.24, 2.45) is 0 Å². The molecule has 0 N–H and O–H groups in total. The highest BCUT2D eigenvalue weighted by molar-refractivity contribution is 7.89. The summed E-state index contributed by atoms with van der Waals surface area (Å²) in [5, 5.41) is 0.642. The van der Waals surface area contributed by atoms with E-state index in [9.17, 15) is 17.6 Å². The van der Waals surface area contributed by atoms with Gasteiger partial charge < -0.3 is 9.47 Å². The zero-order valence-electron chi connectivity index (χ0n) is 14.5. The monoisotopic (exact) mass is 447 g/mol. The van der Waals surface area contributed by atoms with Crippen molar-refractivity contribution in [1.29, 1.82) is 0 Å². The summed E-state index contributed by atoms with van der Waals surface area (Å²) in [5.74, 6) is -1.86. The van der Waals surface area contributed by atoms with Crippen molar-refractivity contribution in [3.63, 3.8) is 0 Å². The summed E-state index contributed by atoms with van der Waals surface area (Å²) >= 11 is 11.7. The van der Waals surface area contributed by atoms with Crippen LogP contribution in [-0.4, -0.2) is 45.0 Å². The summed E-state index contributed by atoms with van der Waals surface area (Å²) in [5.41, 5.74) is 0.0923. The van der Waals surface area contributed by atoms with Gasteiger partial charge in [0.15, 0.2) is 0 Å². The van der Waals surface area contributed by atoms with Crippen LogP contribution >= 0.6 is 23.2 Å². The molecule has 2 aromatic rings. The van der Waals surface area contributed by atoms with E-state index in [4.69, 9.17) is 32.7 Å². The minimum atomic E-state index is -3.87. The van der Waals surface area contributed by atoms with E-state index in [0.29, 0.717) is 15.6 Å². The molecule has 1 fully saturated rings. The molecule has 10 heteroatoms. The number of morpholine rings is 1. The molecule has 0 spiro atoms. The van der Waals surface area contributed by atoms with Gasteiger partial charge in [0, 0.05) is 13.1 Å². The van der Waals surface area contributed by atoms with E-state index in [0.717, 1.165) is 18.2 Å². The molecule has 0 bridgehead atoms. The fraction of sp³-hybridized carbons (Fsp3) is 0.278. The van der Waals surface area contributed by atoms with Crippen LogP contribution in [0.15, 0.2) is 41.3 Å². The Bertz CT molecular complexity index is 993. The van der Waals surface area contributed by atoms with E-state index in [2.05, 4.69) is 0 Å². The fourth-order valence-electron chi connectivity index (χ4n) is 2.61. The molecule has 28 heavy (non-hydrogen) atoms. The Morgan fingerprint density at radius 2 is 1.82 bits per heavy atom. The van der Waals surface area contributed by atoms with E-state index < -0.39 is 27.4 Å². The topological polar surface area (TPSA) is 72.9 Å². The SMILES string of the molecule is O=C(OCc1ccc(Cl)c(Cl)c1)c1cc(S(=O)(=O)N2CCOCC2)ccc1F. The number of halogens is 3. The third kappa shape index (κ3) is 4.64. The second kappa shape index (κ2) is 8.75. The molecule has 6 nitrogen and oxygen atoms in total. The van der Waals surface area contributed by atoms with Crippen LogP contribution in [0.2, 0.25) is 10.0 Å². The smallest absolute Gasteiger partial charge is 0.341 e. The normalized spacial score (nSPS) is 15.4. The van der Waals surface area contributed by atoms with E-state index in [1.54, 1.807) is 12.1 Å². The van der Waals surface area contributed by atoms with Crippen LogP contribution in [0.5, 0.6) is 0 Å². The van der Waals surface area contributed by atoms with Crippen molar-refractivity contribution >= 4 is 39.2 Å². The van der Waals surface area contributed by atoms with E-state index in [1.165, 1.54) is 10.4 Å². The highest BCUT2D eigenvalue weighted by atomic mass is 35.5. The molecule has 0 atom stereocenters. The van der Waals surface area contributed by atoms with Crippen LogP contribution < -0.4 is 0 Å². The largest absolute Gasteiger partial charge is 0.457 e. The van der Waals surface area contributed by atoms with Crippen LogP contribution in [0, 0.1) is 5.82 Å². The molecule has 0 amide bonds. The van der Waals surface area contributed by atoms with E-state index >= 15 is 0 Å². The van der Waals surface area contributed by atoms with E-state index in [1.807, 2.05) is 0 Å². The van der Waals surface area contributed by atoms with Crippen molar-refractivity contribution in [3.05, 3.63) is 63.4 Å². The number of carbonyl (C=O) groups is 1.